The van der Waals surface area contributed by atoms with Gasteiger partial charge in [-0.1, -0.05) is 0 Å². The Balaban J connectivity index is 3.11. The van der Waals surface area contributed by atoms with Crippen LogP contribution in [-0.4, -0.2) is 0 Å². The fourth-order valence-corrected chi connectivity index (χ4v) is 7.40. The van der Waals surface area contributed by atoms with Crippen LogP contribution in [0.4, 0.5) is 0 Å². The molecule has 1 aliphatic carbocycles. The van der Waals surface area contributed by atoms with Gasteiger partial charge in [0.15, 0.2) is 0 Å². The second kappa shape index (κ2) is 1.91. The van der Waals surface area contributed by atoms with Crippen molar-refractivity contribution in [1.82, 2.24) is 0 Å². The molecule has 0 fully saturated rings. The molecule has 0 N–H and O–H groups in total. The first kappa shape index (κ1) is 9.67. The van der Waals surface area contributed by atoms with Gasteiger partial charge in [-0.15, -0.1) is 0 Å². The molecule has 0 radical (unpaired) electrons. The Morgan fingerprint density at radius 1 is 1.09 bits per heavy atom. The summed E-state index contributed by atoms with van der Waals surface area (Å²) in [5.41, 5.74) is 0. The topological polar surface area (TPSA) is 0 Å². The van der Waals surface area contributed by atoms with Crippen LogP contribution in [0.1, 0.15) is 6.42 Å². The molecule has 0 saturated carbocycles. The van der Waals surface area contributed by atoms with E-state index in [2.05, 4.69) is 36.9 Å². The van der Waals surface area contributed by atoms with E-state index in [1.165, 1.54) is 6.42 Å². The van der Waals surface area contributed by atoms with Crippen LogP contribution in [0.2, 0.25) is 18.7 Å². The first-order valence-corrected chi connectivity index (χ1v) is 20.5. The van der Waals surface area contributed by atoms with E-state index >= 15 is 0 Å². The van der Waals surface area contributed by atoms with Gasteiger partial charge in [-0.25, -0.2) is 0 Å². The van der Waals surface area contributed by atoms with Crippen molar-refractivity contribution < 1.29 is 22.2 Å². The van der Waals surface area contributed by atoms with E-state index in [1.54, 1.807) is 2.38 Å². The molecule has 0 amide bonds. The first-order chi connectivity index (χ1) is 4.59. The molecule has 0 spiro atoms. The van der Waals surface area contributed by atoms with Crippen LogP contribution in [0.25, 0.3) is 0 Å². The SMILES string of the molecule is [CH3][Y]([CH3])([CH3])([CH3])([CH3])[C]1=CC=CC1. The predicted molar refractivity (Wildman–Crippen MR) is 51.2 cm³/mol. The zero-order valence-corrected chi connectivity index (χ0v) is 11.4. The van der Waals surface area contributed by atoms with Gasteiger partial charge in [0.2, 0.25) is 0 Å². The zero-order chi connectivity index (χ0) is 8.81. The molecule has 11 heavy (non-hydrogen) atoms. The van der Waals surface area contributed by atoms with Crippen molar-refractivity contribution in [3.8, 4) is 0 Å². The van der Waals surface area contributed by atoms with Crippen LogP contribution >= 0.6 is 0 Å². The summed E-state index contributed by atoms with van der Waals surface area (Å²) in [5.74, 6) is 0. The standard InChI is InChI=1S/C5H5.5CH3.Y/c1-2-4-5-3-1;;;;;;/h1-3H,4H2;5*1H3;. The molecule has 0 aliphatic heterocycles. The van der Waals surface area contributed by atoms with E-state index in [1.807, 2.05) is 0 Å². The second-order valence-corrected chi connectivity index (χ2v) is 45.9. The summed E-state index contributed by atoms with van der Waals surface area (Å²) >= 11 is -2.85. The molecule has 0 saturated heterocycles. The van der Waals surface area contributed by atoms with Crippen molar-refractivity contribution >= 4 is 0 Å². The molecular formula is C10H20Y. The van der Waals surface area contributed by atoms with Crippen molar-refractivity contribution in [3.05, 3.63) is 20.6 Å². The molecule has 0 nitrogen and oxygen atoms in total. The Labute approximate surface area is 67.4 Å². The number of rotatable bonds is 1. The molecule has 1 heteroatoms. The molecule has 0 aromatic heterocycles. The van der Waals surface area contributed by atoms with Crippen molar-refractivity contribution in [2.24, 2.45) is 0 Å². The molecule has 0 aromatic carbocycles. The maximum atomic E-state index is 2.51. The van der Waals surface area contributed by atoms with Crippen LogP contribution in [0.3, 0.4) is 0 Å². The van der Waals surface area contributed by atoms with E-state index in [0.717, 1.165) is 0 Å². The van der Waals surface area contributed by atoms with Gasteiger partial charge in [-0.3, -0.25) is 0 Å². The van der Waals surface area contributed by atoms with Crippen molar-refractivity contribution in [3.63, 3.8) is 0 Å². The summed E-state index contributed by atoms with van der Waals surface area (Å²) in [7, 11) is 0. The van der Waals surface area contributed by atoms with Gasteiger partial charge in [0, 0.05) is 0 Å². The van der Waals surface area contributed by atoms with Crippen molar-refractivity contribution in [1.29, 1.82) is 0 Å². The summed E-state index contributed by atoms with van der Waals surface area (Å²) in [6.45, 7) is 0. The van der Waals surface area contributed by atoms with Gasteiger partial charge in [-0.05, 0) is 0 Å². The van der Waals surface area contributed by atoms with E-state index < -0.39 is 22.2 Å². The van der Waals surface area contributed by atoms with E-state index in [-0.39, 0.29) is 0 Å². The van der Waals surface area contributed by atoms with E-state index in [4.69, 9.17) is 0 Å². The zero-order valence-electron chi connectivity index (χ0n) is 8.52. The summed E-state index contributed by atoms with van der Waals surface area (Å²) in [4.78, 5) is 0. The van der Waals surface area contributed by atoms with Gasteiger partial charge >= 0.3 is 67.9 Å². The van der Waals surface area contributed by atoms with Crippen LogP contribution < -0.4 is 0 Å². The molecule has 1 aliphatic rings. The summed E-state index contributed by atoms with van der Waals surface area (Å²) in [6, 6.07) is 0. The van der Waals surface area contributed by atoms with Crippen LogP contribution in [0.15, 0.2) is 20.6 Å². The minimum absolute atomic E-state index is 1.21. The monoisotopic (exact) mass is 229 g/mol. The molecule has 1 rings (SSSR count). The predicted octanol–water partition coefficient (Wildman–Crippen LogP) is 4.30. The number of hydrogen-bond donors (Lipinski definition) is 0. The Kier molecular flexibility index (Phi) is 1.68. The Morgan fingerprint density at radius 3 is 1.82 bits per heavy atom. The van der Waals surface area contributed by atoms with Crippen molar-refractivity contribution in [2.75, 3.05) is 0 Å². The average Bonchev–Trinajstić information content (AvgIpc) is 2.01. The quantitative estimate of drug-likeness (QED) is 0.629. The molecule has 0 heterocycles. The van der Waals surface area contributed by atoms with Gasteiger partial charge in [0.1, 0.15) is 0 Å². The summed E-state index contributed by atoms with van der Waals surface area (Å²) in [6.07, 6.45) is 8.01. The minimum atomic E-state index is -2.85. The third kappa shape index (κ3) is 2.52. The van der Waals surface area contributed by atoms with Crippen LogP contribution in [0.5, 0.6) is 0 Å². The number of hydrogen-bond acceptors (Lipinski definition) is 0. The van der Waals surface area contributed by atoms with Gasteiger partial charge in [-0.2, -0.15) is 0 Å². The van der Waals surface area contributed by atoms with E-state index in [9.17, 15) is 0 Å². The Bertz CT molecular complexity index is 232. The Morgan fingerprint density at radius 2 is 1.64 bits per heavy atom. The summed E-state index contributed by atoms with van der Waals surface area (Å²) in [5, 5.41) is 0. The molecule has 0 unspecified atom stereocenters. The van der Waals surface area contributed by atoms with Gasteiger partial charge in [0.05, 0.1) is 0 Å². The fraction of sp³-hybridized carbons (Fsp3) is 0.600. The van der Waals surface area contributed by atoms with E-state index in [0.29, 0.717) is 0 Å². The fourth-order valence-electron chi connectivity index (χ4n) is 1.53. The summed E-state index contributed by atoms with van der Waals surface area (Å²) < 4.78 is 14.3. The normalized spacial score (nSPS) is 24.3. The van der Waals surface area contributed by atoms with Gasteiger partial charge < -0.3 is 0 Å². The Hall–Kier alpha value is 0.584. The third-order valence-corrected chi connectivity index (χ3v) is 12.8. The molecule has 0 atom stereocenters. The third-order valence-electron chi connectivity index (χ3n) is 2.65. The molecule has 63 valence electrons. The average molecular weight is 229 g/mol. The second-order valence-electron chi connectivity index (χ2n) is 8.59. The first-order valence-electron chi connectivity index (χ1n) is 4.89. The molecular weight excluding hydrogens is 209 g/mol. The molecule has 0 bridgehead atoms. The number of allylic oxidation sites excluding steroid dienone is 4. The van der Waals surface area contributed by atoms with Crippen LogP contribution in [-0.2, 0) is 22.2 Å². The van der Waals surface area contributed by atoms with Crippen LogP contribution in [0, 0.1) is 0 Å². The van der Waals surface area contributed by atoms with Crippen molar-refractivity contribution in [2.45, 2.75) is 25.1 Å². The maximum absolute atomic E-state index is 2.85. The molecule has 0 aromatic rings. The van der Waals surface area contributed by atoms with Gasteiger partial charge in [0.25, 0.3) is 0 Å².